The SMILES string of the molecule is Cc1n(-c2c(O)[nH]c(=O)[nH]c2=O)c2ccccc2[n+]1C. The largest absolute Gasteiger partial charge is 0.491 e. The van der Waals surface area contributed by atoms with Gasteiger partial charge >= 0.3 is 11.2 Å². The molecule has 0 aliphatic carbocycles. The molecule has 0 unspecified atom stereocenters. The molecule has 2 heterocycles. The van der Waals surface area contributed by atoms with E-state index in [4.69, 9.17) is 0 Å². The molecule has 3 rings (SSSR count). The first-order valence-electron chi connectivity index (χ1n) is 6.02. The molecule has 20 heavy (non-hydrogen) atoms. The zero-order valence-corrected chi connectivity index (χ0v) is 11.0. The summed E-state index contributed by atoms with van der Waals surface area (Å²) in [7, 11) is 1.87. The van der Waals surface area contributed by atoms with Crippen molar-refractivity contribution in [2.75, 3.05) is 0 Å². The number of aromatic amines is 2. The van der Waals surface area contributed by atoms with Crippen molar-refractivity contribution in [3.63, 3.8) is 0 Å². The van der Waals surface area contributed by atoms with Crippen molar-refractivity contribution in [3.05, 3.63) is 50.9 Å². The lowest BCUT2D eigenvalue weighted by Gasteiger charge is -2.00. The van der Waals surface area contributed by atoms with E-state index in [0.717, 1.165) is 16.9 Å². The molecule has 3 aromatic rings. The van der Waals surface area contributed by atoms with Crippen molar-refractivity contribution in [3.8, 4) is 11.6 Å². The van der Waals surface area contributed by atoms with Crippen LogP contribution in [0, 0.1) is 6.92 Å². The minimum atomic E-state index is -0.741. The zero-order valence-electron chi connectivity index (χ0n) is 11.0. The predicted molar refractivity (Wildman–Crippen MR) is 72.1 cm³/mol. The molecule has 7 heteroatoms. The Kier molecular flexibility index (Phi) is 2.50. The number of nitrogens with one attached hydrogen (secondary N) is 2. The third-order valence-electron chi connectivity index (χ3n) is 3.41. The van der Waals surface area contributed by atoms with Gasteiger partial charge in [0, 0.05) is 6.92 Å². The highest BCUT2D eigenvalue weighted by Gasteiger charge is 2.25. The topological polar surface area (TPSA) is 94.8 Å². The van der Waals surface area contributed by atoms with Gasteiger partial charge in [-0.1, -0.05) is 12.1 Å². The maximum Gasteiger partial charge on any atom is 0.328 e. The lowest BCUT2D eigenvalue weighted by molar-refractivity contribution is -0.652. The maximum atomic E-state index is 12.0. The number of fused-ring (bicyclic) bond motifs is 1. The Balaban J connectivity index is 2.51. The van der Waals surface area contributed by atoms with Crippen LogP contribution in [0.1, 0.15) is 5.82 Å². The number of hydrogen-bond donors (Lipinski definition) is 3. The highest BCUT2D eigenvalue weighted by Crippen LogP contribution is 2.21. The van der Waals surface area contributed by atoms with Gasteiger partial charge in [-0.3, -0.25) is 14.8 Å². The average Bonchev–Trinajstić information content (AvgIpc) is 2.64. The normalized spacial score (nSPS) is 11.1. The van der Waals surface area contributed by atoms with Crippen molar-refractivity contribution < 1.29 is 9.67 Å². The van der Waals surface area contributed by atoms with E-state index < -0.39 is 17.1 Å². The van der Waals surface area contributed by atoms with Gasteiger partial charge in [-0.2, -0.15) is 4.57 Å². The first kappa shape index (κ1) is 12.2. The summed E-state index contributed by atoms with van der Waals surface area (Å²) >= 11 is 0. The minimum absolute atomic E-state index is 0.00102. The Morgan fingerprint density at radius 1 is 1.20 bits per heavy atom. The Morgan fingerprint density at radius 2 is 1.90 bits per heavy atom. The number of aryl methyl sites for hydroxylation is 1. The maximum absolute atomic E-state index is 12.0. The van der Waals surface area contributed by atoms with E-state index in [9.17, 15) is 14.7 Å². The molecule has 3 N–H and O–H groups in total. The number of hydrogen-bond acceptors (Lipinski definition) is 3. The third kappa shape index (κ3) is 1.56. The van der Waals surface area contributed by atoms with Gasteiger partial charge in [0.05, 0.1) is 7.05 Å². The average molecular weight is 273 g/mol. The van der Waals surface area contributed by atoms with Gasteiger partial charge < -0.3 is 5.11 Å². The first-order valence-corrected chi connectivity index (χ1v) is 6.02. The molecule has 2 aromatic heterocycles. The molecule has 0 bridgehead atoms. The fourth-order valence-corrected chi connectivity index (χ4v) is 2.39. The number of imidazole rings is 1. The van der Waals surface area contributed by atoms with Gasteiger partial charge in [0.2, 0.25) is 5.88 Å². The van der Waals surface area contributed by atoms with Crippen LogP contribution in [0.2, 0.25) is 0 Å². The molecule has 0 atom stereocenters. The van der Waals surface area contributed by atoms with Gasteiger partial charge in [-0.15, -0.1) is 0 Å². The summed E-state index contributed by atoms with van der Waals surface area (Å²) < 4.78 is 3.51. The molecule has 0 saturated heterocycles. The van der Waals surface area contributed by atoms with Crippen LogP contribution in [-0.4, -0.2) is 19.6 Å². The standard InChI is InChI=1S/C13H12N4O3/c1-7-16(2)8-5-3-4-6-9(8)17(7)10-11(18)14-13(20)15-12(10)19/h3-6H,1-2H3,(H2-,14,15,18,19,20)/p+1. The Labute approximate surface area is 112 Å². The van der Waals surface area contributed by atoms with Gasteiger partial charge in [0.25, 0.3) is 11.5 Å². The lowest BCUT2D eigenvalue weighted by atomic mass is 10.3. The number of para-hydroxylation sites is 2. The summed E-state index contributed by atoms with van der Waals surface area (Å²) in [4.78, 5) is 27.5. The van der Waals surface area contributed by atoms with E-state index in [0.29, 0.717) is 0 Å². The van der Waals surface area contributed by atoms with Crippen molar-refractivity contribution in [2.24, 2.45) is 7.05 Å². The van der Waals surface area contributed by atoms with Crippen molar-refractivity contribution >= 4 is 11.0 Å². The second-order valence-electron chi connectivity index (χ2n) is 4.54. The number of H-pyrrole nitrogens is 2. The van der Waals surface area contributed by atoms with Gasteiger partial charge in [-0.05, 0) is 12.1 Å². The van der Waals surface area contributed by atoms with Gasteiger partial charge in [0.15, 0.2) is 11.0 Å². The first-order chi connectivity index (χ1) is 9.50. The molecular formula is C13H13N4O3+. The lowest BCUT2D eigenvalue weighted by Crippen LogP contribution is -2.32. The van der Waals surface area contributed by atoms with E-state index in [-0.39, 0.29) is 5.69 Å². The number of aromatic nitrogens is 4. The van der Waals surface area contributed by atoms with Crippen LogP contribution < -0.4 is 15.8 Å². The highest BCUT2D eigenvalue weighted by molar-refractivity contribution is 5.75. The van der Waals surface area contributed by atoms with Crippen LogP contribution in [0.3, 0.4) is 0 Å². The Morgan fingerprint density at radius 3 is 2.60 bits per heavy atom. The molecule has 102 valence electrons. The van der Waals surface area contributed by atoms with Crippen LogP contribution in [0.4, 0.5) is 0 Å². The quantitative estimate of drug-likeness (QED) is 0.538. The van der Waals surface area contributed by atoms with E-state index in [1.54, 1.807) is 4.57 Å². The summed E-state index contributed by atoms with van der Waals surface area (Å²) in [5.74, 6) is 0.294. The van der Waals surface area contributed by atoms with Crippen molar-refractivity contribution in [1.29, 1.82) is 0 Å². The summed E-state index contributed by atoms with van der Waals surface area (Å²) in [5, 5.41) is 9.91. The van der Waals surface area contributed by atoms with Crippen molar-refractivity contribution in [1.82, 2.24) is 14.5 Å². The fraction of sp³-hybridized carbons (Fsp3) is 0.154. The molecule has 1 aromatic carbocycles. The second kappa shape index (κ2) is 4.09. The molecule has 0 aliphatic rings. The van der Waals surface area contributed by atoms with Crippen LogP contribution in [0.15, 0.2) is 33.9 Å². The predicted octanol–water partition coefficient (Wildman–Crippen LogP) is -0.154. The van der Waals surface area contributed by atoms with E-state index in [1.807, 2.05) is 42.8 Å². The molecule has 0 radical (unpaired) electrons. The Bertz CT molecular complexity index is 933. The monoisotopic (exact) mass is 273 g/mol. The van der Waals surface area contributed by atoms with Crippen LogP contribution in [0.5, 0.6) is 5.88 Å². The molecule has 0 amide bonds. The number of aromatic hydroxyl groups is 1. The van der Waals surface area contributed by atoms with Crippen LogP contribution >= 0.6 is 0 Å². The smallest absolute Gasteiger partial charge is 0.328 e. The second-order valence-corrected chi connectivity index (χ2v) is 4.54. The Hall–Kier alpha value is -2.83. The summed E-state index contributed by atoms with van der Waals surface area (Å²) in [5.41, 5.74) is 0.291. The molecule has 7 nitrogen and oxygen atoms in total. The fourth-order valence-electron chi connectivity index (χ4n) is 2.39. The molecule has 0 saturated carbocycles. The zero-order chi connectivity index (χ0) is 14.4. The third-order valence-corrected chi connectivity index (χ3v) is 3.41. The van der Waals surface area contributed by atoms with Crippen molar-refractivity contribution in [2.45, 2.75) is 6.92 Å². The molecule has 0 fully saturated rings. The van der Waals surface area contributed by atoms with Crippen LogP contribution in [-0.2, 0) is 7.05 Å². The van der Waals surface area contributed by atoms with Gasteiger partial charge in [-0.25, -0.2) is 9.36 Å². The summed E-state index contributed by atoms with van der Waals surface area (Å²) in [6, 6.07) is 7.49. The summed E-state index contributed by atoms with van der Waals surface area (Å²) in [6.07, 6.45) is 0. The summed E-state index contributed by atoms with van der Waals surface area (Å²) in [6.45, 7) is 1.82. The minimum Gasteiger partial charge on any atom is -0.491 e. The highest BCUT2D eigenvalue weighted by atomic mass is 16.3. The number of benzene rings is 1. The van der Waals surface area contributed by atoms with E-state index >= 15 is 0 Å². The molecular weight excluding hydrogens is 260 g/mol. The van der Waals surface area contributed by atoms with Gasteiger partial charge in [0.1, 0.15) is 0 Å². The molecule has 0 spiro atoms. The molecule has 0 aliphatic heterocycles. The van der Waals surface area contributed by atoms with E-state index in [2.05, 4.69) is 9.97 Å². The van der Waals surface area contributed by atoms with Crippen LogP contribution in [0.25, 0.3) is 16.7 Å². The van der Waals surface area contributed by atoms with E-state index in [1.165, 1.54) is 0 Å². The number of rotatable bonds is 1. The number of nitrogens with zero attached hydrogens (tertiary/aromatic N) is 2.